The van der Waals surface area contributed by atoms with Crippen molar-refractivity contribution in [2.24, 2.45) is 4.99 Å². The third-order valence-corrected chi connectivity index (χ3v) is 4.77. The molecule has 3 rings (SSSR count). The maximum Gasteiger partial charge on any atom is 0.190 e. The molecule has 120 valence electrons. The molecule has 0 amide bonds. The first-order valence-corrected chi connectivity index (χ1v) is 8.06. The highest BCUT2D eigenvalue weighted by atomic mass is 16.6. The predicted molar refractivity (Wildman–Crippen MR) is 88.0 cm³/mol. The number of hydrogen-bond donors (Lipinski definition) is 2. The van der Waals surface area contributed by atoms with E-state index in [4.69, 9.17) is 9.47 Å². The largest absolute Gasteiger partial charge is 0.486 e. The smallest absolute Gasteiger partial charge is 0.190 e. The van der Waals surface area contributed by atoms with Crippen molar-refractivity contribution >= 4 is 5.96 Å². The van der Waals surface area contributed by atoms with Crippen molar-refractivity contribution in [3.8, 4) is 11.5 Å². The Labute approximate surface area is 132 Å². The van der Waals surface area contributed by atoms with Crippen molar-refractivity contribution in [1.29, 1.82) is 0 Å². The van der Waals surface area contributed by atoms with Crippen molar-refractivity contribution in [1.82, 2.24) is 10.6 Å². The lowest BCUT2D eigenvalue weighted by atomic mass is 9.78. The van der Waals surface area contributed by atoms with Crippen LogP contribution in [0.15, 0.2) is 23.2 Å². The summed E-state index contributed by atoms with van der Waals surface area (Å²) in [4.78, 5) is 4.21. The SMILES string of the molecule is CN=C(NC)NCC1(c2ccc3c(c2)OCCO3)CCCC1. The van der Waals surface area contributed by atoms with Crippen LogP contribution in [0.4, 0.5) is 0 Å². The molecule has 1 aromatic rings. The van der Waals surface area contributed by atoms with Gasteiger partial charge >= 0.3 is 0 Å². The fraction of sp³-hybridized carbons (Fsp3) is 0.588. The van der Waals surface area contributed by atoms with Gasteiger partial charge < -0.3 is 20.1 Å². The molecule has 1 fully saturated rings. The van der Waals surface area contributed by atoms with Gasteiger partial charge in [-0.3, -0.25) is 4.99 Å². The predicted octanol–water partition coefficient (Wildman–Crippen LogP) is 2.06. The van der Waals surface area contributed by atoms with Crippen LogP contribution in [-0.4, -0.2) is 39.8 Å². The summed E-state index contributed by atoms with van der Waals surface area (Å²) in [5, 5.41) is 6.54. The summed E-state index contributed by atoms with van der Waals surface area (Å²) in [6, 6.07) is 6.42. The van der Waals surface area contributed by atoms with Crippen LogP contribution in [0, 0.1) is 0 Å². The van der Waals surface area contributed by atoms with E-state index in [0.29, 0.717) is 13.2 Å². The number of nitrogens with zero attached hydrogens (tertiary/aromatic N) is 1. The molecule has 2 N–H and O–H groups in total. The quantitative estimate of drug-likeness (QED) is 0.663. The molecular formula is C17H25N3O2. The topological polar surface area (TPSA) is 54.9 Å². The van der Waals surface area contributed by atoms with Crippen molar-refractivity contribution < 1.29 is 9.47 Å². The van der Waals surface area contributed by atoms with Crippen LogP contribution in [0.3, 0.4) is 0 Å². The molecule has 0 spiro atoms. The maximum absolute atomic E-state index is 5.76. The first kappa shape index (κ1) is 15.0. The van der Waals surface area contributed by atoms with Gasteiger partial charge in [0.25, 0.3) is 0 Å². The second-order valence-corrected chi connectivity index (χ2v) is 6.02. The Kier molecular flexibility index (Phi) is 4.41. The number of nitrogens with one attached hydrogen (secondary N) is 2. The normalized spacial score (nSPS) is 19.8. The van der Waals surface area contributed by atoms with E-state index >= 15 is 0 Å². The first-order chi connectivity index (χ1) is 10.8. The minimum Gasteiger partial charge on any atom is -0.486 e. The fourth-order valence-electron chi connectivity index (χ4n) is 3.52. The number of benzene rings is 1. The summed E-state index contributed by atoms with van der Waals surface area (Å²) in [5.74, 6) is 2.58. The van der Waals surface area contributed by atoms with E-state index in [9.17, 15) is 0 Å². The number of hydrogen-bond acceptors (Lipinski definition) is 3. The molecule has 0 radical (unpaired) electrons. The summed E-state index contributed by atoms with van der Waals surface area (Å²) in [5.41, 5.74) is 1.50. The standard InChI is InChI=1S/C17H25N3O2/c1-18-16(19-2)20-12-17(7-3-4-8-17)13-5-6-14-15(11-13)22-10-9-21-14/h5-6,11H,3-4,7-10,12H2,1-2H3,(H2,18,19,20). The van der Waals surface area contributed by atoms with Crippen LogP contribution >= 0.6 is 0 Å². The molecule has 5 heteroatoms. The zero-order chi connectivity index (χ0) is 15.4. The van der Waals surface area contributed by atoms with Crippen LogP contribution in [0.5, 0.6) is 11.5 Å². The highest BCUT2D eigenvalue weighted by Gasteiger charge is 2.36. The average molecular weight is 303 g/mol. The third kappa shape index (κ3) is 2.85. The Hall–Kier alpha value is -1.91. The molecule has 0 aromatic heterocycles. The van der Waals surface area contributed by atoms with E-state index in [0.717, 1.165) is 24.0 Å². The van der Waals surface area contributed by atoms with Crippen LogP contribution < -0.4 is 20.1 Å². The molecule has 1 aromatic carbocycles. The highest BCUT2D eigenvalue weighted by Crippen LogP contribution is 2.43. The zero-order valence-corrected chi connectivity index (χ0v) is 13.4. The van der Waals surface area contributed by atoms with Gasteiger partial charge in [-0.25, -0.2) is 0 Å². The number of ether oxygens (including phenoxy) is 2. The lowest BCUT2D eigenvalue weighted by Crippen LogP contribution is -2.43. The van der Waals surface area contributed by atoms with Crippen molar-refractivity contribution in [2.75, 3.05) is 33.9 Å². The number of rotatable bonds is 3. The number of fused-ring (bicyclic) bond motifs is 1. The van der Waals surface area contributed by atoms with Crippen molar-refractivity contribution in [2.45, 2.75) is 31.1 Å². The van der Waals surface area contributed by atoms with E-state index in [-0.39, 0.29) is 5.41 Å². The van der Waals surface area contributed by atoms with Crippen LogP contribution in [-0.2, 0) is 5.41 Å². The lowest BCUT2D eigenvalue weighted by Gasteiger charge is -2.31. The van der Waals surface area contributed by atoms with Crippen molar-refractivity contribution in [3.63, 3.8) is 0 Å². The van der Waals surface area contributed by atoms with Gasteiger partial charge in [-0.15, -0.1) is 0 Å². The summed E-state index contributed by atoms with van der Waals surface area (Å²) >= 11 is 0. The van der Waals surface area contributed by atoms with Crippen molar-refractivity contribution in [3.05, 3.63) is 23.8 Å². The Morgan fingerprint density at radius 1 is 1.18 bits per heavy atom. The van der Waals surface area contributed by atoms with Crippen LogP contribution in [0.1, 0.15) is 31.2 Å². The molecule has 1 saturated carbocycles. The Balaban J connectivity index is 1.84. The lowest BCUT2D eigenvalue weighted by molar-refractivity contribution is 0.171. The molecule has 1 aliphatic carbocycles. The maximum atomic E-state index is 5.76. The monoisotopic (exact) mass is 303 g/mol. The second-order valence-electron chi connectivity index (χ2n) is 6.02. The third-order valence-electron chi connectivity index (χ3n) is 4.77. The number of aliphatic imine (C=N–C) groups is 1. The van der Waals surface area contributed by atoms with Gasteiger partial charge in [0.05, 0.1) is 0 Å². The van der Waals surface area contributed by atoms with E-state index in [1.165, 1.54) is 31.2 Å². The molecule has 2 aliphatic rings. The minimum atomic E-state index is 0.155. The molecule has 0 saturated heterocycles. The van der Waals surface area contributed by atoms with E-state index in [2.05, 4.69) is 33.8 Å². The molecular weight excluding hydrogens is 278 g/mol. The molecule has 0 unspecified atom stereocenters. The summed E-state index contributed by atoms with van der Waals surface area (Å²) in [7, 11) is 3.69. The van der Waals surface area contributed by atoms with Gasteiger partial charge in [-0.05, 0) is 30.5 Å². The average Bonchev–Trinajstić information content (AvgIpc) is 3.05. The van der Waals surface area contributed by atoms with Gasteiger partial charge in [-0.2, -0.15) is 0 Å². The van der Waals surface area contributed by atoms with Gasteiger partial charge in [0.1, 0.15) is 13.2 Å². The van der Waals surface area contributed by atoms with E-state index < -0.39 is 0 Å². The Bertz CT molecular complexity index is 551. The molecule has 1 heterocycles. The highest BCUT2D eigenvalue weighted by molar-refractivity contribution is 5.79. The second kappa shape index (κ2) is 6.46. The molecule has 1 aliphatic heterocycles. The van der Waals surface area contributed by atoms with Crippen LogP contribution in [0.25, 0.3) is 0 Å². The van der Waals surface area contributed by atoms with E-state index in [1.54, 1.807) is 7.05 Å². The van der Waals surface area contributed by atoms with E-state index in [1.807, 2.05) is 7.05 Å². The molecule has 22 heavy (non-hydrogen) atoms. The summed E-state index contributed by atoms with van der Waals surface area (Å²) in [6.45, 7) is 2.16. The molecule has 5 nitrogen and oxygen atoms in total. The first-order valence-electron chi connectivity index (χ1n) is 8.06. The van der Waals surface area contributed by atoms with Gasteiger partial charge in [0, 0.05) is 26.1 Å². The Morgan fingerprint density at radius 2 is 1.91 bits per heavy atom. The minimum absolute atomic E-state index is 0.155. The van der Waals surface area contributed by atoms with Gasteiger partial charge in [-0.1, -0.05) is 18.9 Å². The summed E-state index contributed by atoms with van der Waals surface area (Å²) < 4.78 is 11.4. The van der Waals surface area contributed by atoms with Gasteiger partial charge in [0.2, 0.25) is 0 Å². The summed E-state index contributed by atoms with van der Waals surface area (Å²) in [6.07, 6.45) is 4.93. The Morgan fingerprint density at radius 3 is 2.59 bits per heavy atom. The zero-order valence-electron chi connectivity index (χ0n) is 13.4. The fourth-order valence-corrected chi connectivity index (χ4v) is 3.52. The van der Waals surface area contributed by atoms with Crippen LogP contribution in [0.2, 0.25) is 0 Å². The molecule has 0 bridgehead atoms. The van der Waals surface area contributed by atoms with Gasteiger partial charge in [0.15, 0.2) is 17.5 Å². The molecule has 0 atom stereocenters. The number of guanidine groups is 1.